The predicted molar refractivity (Wildman–Crippen MR) is 136 cm³/mol. The number of carboxylic acid groups (broad SMARTS) is 1. The summed E-state index contributed by atoms with van der Waals surface area (Å²) in [6.45, 7) is 7.26. The molecule has 0 radical (unpaired) electrons. The minimum absolute atomic E-state index is 0.0815. The van der Waals surface area contributed by atoms with Gasteiger partial charge in [-0.05, 0) is 76.5 Å². The first kappa shape index (κ1) is 28.1. The lowest BCUT2D eigenvalue weighted by Gasteiger charge is -2.38. The number of anilines is 1. The van der Waals surface area contributed by atoms with Crippen LogP contribution < -0.4 is 10.6 Å². The lowest BCUT2D eigenvalue weighted by Crippen LogP contribution is -2.49. The molecule has 3 rings (SSSR count). The number of urea groups is 1. The van der Waals surface area contributed by atoms with E-state index in [4.69, 9.17) is 4.98 Å². The number of carbonyl (C=O) groups excluding carboxylic acids is 1. The minimum atomic E-state index is -2.58. The lowest BCUT2D eigenvalue weighted by atomic mass is 9.81. The average Bonchev–Trinajstić information content (AvgIpc) is 2.83. The highest BCUT2D eigenvalue weighted by Crippen LogP contribution is 2.42. The van der Waals surface area contributed by atoms with Crippen molar-refractivity contribution in [1.29, 1.82) is 0 Å². The van der Waals surface area contributed by atoms with Crippen LogP contribution in [-0.2, 0) is 17.6 Å². The van der Waals surface area contributed by atoms with Crippen molar-refractivity contribution < 1.29 is 23.5 Å². The number of fused-ring (bicyclic) bond motifs is 1. The van der Waals surface area contributed by atoms with Crippen LogP contribution >= 0.6 is 0 Å². The van der Waals surface area contributed by atoms with Crippen molar-refractivity contribution in [3.05, 3.63) is 23.4 Å². The quantitative estimate of drug-likeness (QED) is 0.328. The van der Waals surface area contributed by atoms with Gasteiger partial charge >= 0.3 is 12.0 Å². The third kappa shape index (κ3) is 8.28. The molecular weight excluding hydrogens is 468 g/mol. The Morgan fingerprint density at radius 2 is 1.97 bits per heavy atom. The zero-order valence-electron chi connectivity index (χ0n) is 21.6. The molecule has 2 amide bonds. The summed E-state index contributed by atoms with van der Waals surface area (Å²) in [7, 11) is 0. The monoisotopic (exact) mass is 509 g/mol. The van der Waals surface area contributed by atoms with Crippen molar-refractivity contribution in [3.8, 4) is 0 Å². The molecule has 1 aromatic heterocycles. The molecule has 1 aliphatic carbocycles. The van der Waals surface area contributed by atoms with E-state index in [0.29, 0.717) is 32.7 Å². The SMILES string of the molecule is CCN(CC)C(=O)N[C@@H](CCN(CCCCc1ccc2c(n1)NCCC2)CC1CC(F)(F)C1)C(=O)O. The standard InChI is InChI=1S/C26H41F2N5O3/c1-3-33(4-2)25(36)31-22(24(34)35)12-15-32(18-19-16-26(27,28)17-19)14-6-5-9-21-11-10-20-8-7-13-29-23(20)30-21/h10-11,19,22H,3-9,12-18H2,1-2H3,(H,29,30)(H,31,36)(H,34,35)/t22-/m0/s1. The van der Waals surface area contributed by atoms with Gasteiger partial charge in [-0.25, -0.2) is 23.4 Å². The van der Waals surface area contributed by atoms with Crippen LogP contribution in [0.3, 0.4) is 0 Å². The Kier molecular flexibility index (Phi) is 10.3. The number of carboxylic acids is 1. The number of amides is 2. The second-order valence-electron chi connectivity index (χ2n) is 10.0. The molecule has 1 aliphatic heterocycles. The Balaban J connectivity index is 1.50. The summed E-state index contributed by atoms with van der Waals surface area (Å²) in [6.07, 6.45) is 4.78. The highest BCUT2D eigenvalue weighted by atomic mass is 19.3. The molecular formula is C26H41F2N5O3. The Hall–Kier alpha value is -2.49. The average molecular weight is 510 g/mol. The second kappa shape index (κ2) is 13.2. The van der Waals surface area contributed by atoms with Gasteiger partial charge in [-0.2, -0.15) is 0 Å². The van der Waals surface area contributed by atoms with Gasteiger partial charge in [0.1, 0.15) is 11.9 Å². The number of halogens is 2. The Labute approximate surface area is 212 Å². The Morgan fingerprint density at radius 1 is 1.22 bits per heavy atom. The number of aliphatic carboxylic acids is 1. The zero-order chi connectivity index (χ0) is 26.1. The summed E-state index contributed by atoms with van der Waals surface area (Å²) in [5.41, 5.74) is 2.30. The highest BCUT2D eigenvalue weighted by molar-refractivity contribution is 5.82. The van der Waals surface area contributed by atoms with E-state index >= 15 is 0 Å². The topological polar surface area (TPSA) is 97.8 Å². The number of hydrogen-bond donors (Lipinski definition) is 3. The highest BCUT2D eigenvalue weighted by Gasteiger charge is 2.45. The van der Waals surface area contributed by atoms with Crippen molar-refractivity contribution in [3.63, 3.8) is 0 Å². The van der Waals surface area contributed by atoms with Crippen LogP contribution in [0.4, 0.5) is 19.4 Å². The summed E-state index contributed by atoms with van der Waals surface area (Å²) in [5.74, 6) is -2.76. The Bertz CT molecular complexity index is 873. The molecule has 0 aromatic carbocycles. The van der Waals surface area contributed by atoms with Crippen molar-refractivity contribution in [2.24, 2.45) is 5.92 Å². The van der Waals surface area contributed by atoms with E-state index in [-0.39, 0.29) is 25.2 Å². The largest absolute Gasteiger partial charge is 0.480 e. The third-order valence-corrected chi connectivity index (χ3v) is 7.18. The normalized spacial score (nSPS) is 17.6. The summed E-state index contributed by atoms with van der Waals surface area (Å²) in [6, 6.07) is 2.81. The fraction of sp³-hybridized carbons (Fsp3) is 0.731. The van der Waals surface area contributed by atoms with Gasteiger partial charge in [0.05, 0.1) is 0 Å². The summed E-state index contributed by atoms with van der Waals surface area (Å²) in [5, 5.41) is 15.6. The van der Waals surface area contributed by atoms with Gasteiger partial charge in [0, 0.05) is 51.3 Å². The van der Waals surface area contributed by atoms with Crippen molar-refractivity contribution >= 4 is 17.8 Å². The van der Waals surface area contributed by atoms with E-state index in [1.807, 2.05) is 13.8 Å². The van der Waals surface area contributed by atoms with E-state index in [1.165, 1.54) is 10.5 Å². The molecule has 0 spiro atoms. The molecule has 0 bridgehead atoms. The number of nitrogens with one attached hydrogen (secondary N) is 2. The maximum Gasteiger partial charge on any atom is 0.326 e. The van der Waals surface area contributed by atoms with Gasteiger partial charge in [-0.1, -0.05) is 6.07 Å². The van der Waals surface area contributed by atoms with Gasteiger partial charge < -0.3 is 25.5 Å². The molecule has 2 heterocycles. The van der Waals surface area contributed by atoms with Gasteiger partial charge in [0.2, 0.25) is 5.92 Å². The maximum atomic E-state index is 13.4. The number of hydrogen-bond acceptors (Lipinski definition) is 5. The molecule has 0 saturated heterocycles. The molecule has 2 aliphatic rings. The Morgan fingerprint density at radius 3 is 2.64 bits per heavy atom. The maximum absolute atomic E-state index is 13.4. The number of unbranched alkanes of at least 4 members (excludes halogenated alkanes) is 1. The van der Waals surface area contributed by atoms with Gasteiger partial charge in [-0.15, -0.1) is 0 Å². The van der Waals surface area contributed by atoms with Crippen molar-refractivity contribution in [2.75, 3.05) is 44.6 Å². The van der Waals surface area contributed by atoms with Crippen LogP contribution in [0, 0.1) is 5.92 Å². The van der Waals surface area contributed by atoms with Gasteiger partial charge in [-0.3, -0.25) is 0 Å². The minimum Gasteiger partial charge on any atom is -0.480 e. The summed E-state index contributed by atoms with van der Waals surface area (Å²) >= 11 is 0. The number of carbonyl (C=O) groups is 2. The van der Waals surface area contributed by atoms with Crippen LogP contribution in [0.1, 0.15) is 63.6 Å². The number of aromatic nitrogens is 1. The summed E-state index contributed by atoms with van der Waals surface area (Å²) in [4.78, 5) is 32.5. The molecule has 3 N–H and O–H groups in total. The van der Waals surface area contributed by atoms with Crippen LogP contribution in [0.25, 0.3) is 0 Å². The van der Waals surface area contributed by atoms with Crippen LogP contribution in [-0.4, -0.2) is 83.1 Å². The third-order valence-electron chi connectivity index (χ3n) is 7.18. The first-order valence-corrected chi connectivity index (χ1v) is 13.3. The first-order chi connectivity index (χ1) is 17.2. The van der Waals surface area contributed by atoms with Gasteiger partial charge in [0.15, 0.2) is 0 Å². The predicted octanol–water partition coefficient (Wildman–Crippen LogP) is 4.00. The van der Waals surface area contributed by atoms with E-state index in [1.54, 1.807) is 0 Å². The second-order valence-corrected chi connectivity index (χ2v) is 10.0. The lowest BCUT2D eigenvalue weighted by molar-refractivity contribution is -0.139. The number of nitrogens with zero attached hydrogens (tertiary/aromatic N) is 3. The van der Waals surface area contributed by atoms with E-state index < -0.39 is 24.0 Å². The molecule has 202 valence electrons. The number of aryl methyl sites for hydroxylation is 2. The van der Waals surface area contributed by atoms with Crippen LogP contribution in [0.15, 0.2) is 12.1 Å². The molecule has 0 unspecified atom stereocenters. The molecule has 1 aromatic rings. The molecule has 10 heteroatoms. The fourth-order valence-corrected chi connectivity index (χ4v) is 5.04. The summed E-state index contributed by atoms with van der Waals surface area (Å²) < 4.78 is 26.8. The molecule has 8 nitrogen and oxygen atoms in total. The van der Waals surface area contributed by atoms with E-state index in [9.17, 15) is 23.5 Å². The number of alkyl halides is 2. The van der Waals surface area contributed by atoms with E-state index in [0.717, 1.165) is 50.2 Å². The van der Waals surface area contributed by atoms with Crippen LogP contribution in [0.2, 0.25) is 0 Å². The zero-order valence-corrected chi connectivity index (χ0v) is 21.6. The molecule has 1 fully saturated rings. The smallest absolute Gasteiger partial charge is 0.326 e. The number of pyridine rings is 1. The van der Waals surface area contributed by atoms with E-state index in [2.05, 4.69) is 27.7 Å². The van der Waals surface area contributed by atoms with Crippen molar-refractivity contribution in [1.82, 2.24) is 20.1 Å². The fourth-order valence-electron chi connectivity index (χ4n) is 5.04. The molecule has 1 saturated carbocycles. The number of rotatable bonds is 14. The van der Waals surface area contributed by atoms with Gasteiger partial charge in [0.25, 0.3) is 0 Å². The molecule has 1 atom stereocenters. The van der Waals surface area contributed by atoms with Crippen LogP contribution in [0.5, 0.6) is 0 Å². The van der Waals surface area contributed by atoms with Crippen molar-refractivity contribution in [2.45, 2.75) is 77.2 Å². The first-order valence-electron chi connectivity index (χ1n) is 13.3. The molecule has 36 heavy (non-hydrogen) atoms.